The number of alkyl halides is 1. The van der Waals surface area contributed by atoms with Gasteiger partial charge in [-0.2, -0.15) is 0 Å². The Morgan fingerprint density at radius 1 is 1.80 bits per heavy atom. The van der Waals surface area contributed by atoms with Crippen molar-refractivity contribution in [2.24, 2.45) is 0 Å². The summed E-state index contributed by atoms with van der Waals surface area (Å²) in [6.45, 7) is 3.70. The zero-order valence-corrected chi connectivity index (χ0v) is 9.13. The summed E-state index contributed by atoms with van der Waals surface area (Å²) in [6, 6.07) is 0. The van der Waals surface area contributed by atoms with Gasteiger partial charge in [0.05, 0.1) is 6.10 Å². The fourth-order valence-corrected chi connectivity index (χ4v) is 1.63. The Morgan fingerprint density at radius 3 is 2.60 bits per heavy atom. The summed E-state index contributed by atoms with van der Waals surface area (Å²) in [5, 5.41) is 0. The highest BCUT2D eigenvalue weighted by Crippen LogP contribution is 2.45. The van der Waals surface area contributed by atoms with E-state index in [0.717, 1.165) is 6.42 Å². The van der Waals surface area contributed by atoms with Gasteiger partial charge in [0, 0.05) is 0 Å². The summed E-state index contributed by atoms with van der Waals surface area (Å²) in [5.41, 5.74) is 0. The summed E-state index contributed by atoms with van der Waals surface area (Å²) >= 11 is 1.84. The first-order chi connectivity index (χ1) is 4.52. The van der Waals surface area contributed by atoms with Gasteiger partial charge in [0.2, 0.25) is 0 Å². The maximum Gasteiger partial charge on any atom is 0.338 e. The van der Waals surface area contributed by atoms with Crippen LogP contribution in [0.4, 0.5) is 0 Å². The summed E-state index contributed by atoms with van der Waals surface area (Å²) in [6.07, 6.45) is 0.645. The standard InChI is InChI=1S/C5H12IO3P/c1-3-5(2)9-10(7,8)4-6/h5H,3-4H2,1-2H3,(H,7,8). The predicted octanol–water partition coefficient (Wildman–Crippen LogP) is 2.38. The van der Waals surface area contributed by atoms with Crippen molar-refractivity contribution in [1.29, 1.82) is 0 Å². The molecule has 62 valence electrons. The Bertz CT molecular complexity index is 139. The number of halogens is 1. The van der Waals surface area contributed by atoms with E-state index in [1.54, 1.807) is 6.92 Å². The highest BCUT2D eigenvalue weighted by molar-refractivity contribution is 14.1. The molecule has 10 heavy (non-hydrogen) atoms. The van der Waals surface area contributed by atoms with Crippen LogP contribution >= 0.6 is 30.2 Å². The van der Waals surface area contributed by atoms with E-state index in [1.807, 2.05) is 29.5 Å². The fraction of sp³-hybridized carbons (Fsp3) is 1.00. The molecule has 0 aliphatic heterocycles. The van der Waals surface area contributed by atoms with Gasteiger partial charge in [-0.1, -0.05) is 29.5 Å². The third kappa shape index (κ3) is 4.66. The zero-order chi connectivity index (χ0) is 8.20. The van der Waals surface area contributed by atoms with E-state index in [4.69, 9.17) is 9.42 Å². The van der Waals surface area contributed by atoms with Gasteiger partial charge in [0.1, 0.15) is 4.17 Å². The van der Waals surface area contributed by atoms with Crippen molar-refractivity contribution in [3.05, 3.63) is 0 Å². The van der Waals surface area contributed by atoms with Crippen molar-refractivity contribution >= 4 is 30.2 Å². The molecule has 0 aromatic carbocycles. The number of hydrogen-bond donors (Lipinski definition) is 1. The summed E-state index contributed by atoms with van der Waals surface area (Å²) < 4.78 is 15.9. The molecular formula is C5H12IO3P. The van der Waals surface area contributed by atoms with Crippen LogP contribution in [0.25, 0.3) is 0 Å². The summed E-state index contributed by atoms with van der Waals surface area (Å²) in [5.74, 6) is 0. The van der Waals surface area contributed by atoms with E-state index < -0.39 is 7.60 Å². The highest BCUT2D eigenvalue weighted by Gasteiger charge is 2.19. The summed E-state index contributed by atoms with van der Waals surface area (Å²) in [4.78, 5) is 8.95. The fourth-order valence-electron chi connectivity index (χ4n) is 0.384. The van der Waals surface area contributed by atoms with Crippen LogP contribution in [0.15, 0.2) is 0 Å². The molecule has 3 nitrogen and oxygen atoms in total. The Kier molecular flexibility index (Phi) is 5.11. The Morgan fingerprint density at radius 2 is 2.30 bits per heavy atom. The molecule has 0 rings (SSSR count). The van der Waals surface area contributed by atoms with E-state index in [0.29, 0.717) is 0 Å². The lowest BCUT2D eigenvalue weighted by Crippen LogP contribution is -2.04. The lowest BCUT2D eigenvalue weighted by atomic mass is 10.3. The number of hydrogen-bond acceptors (Lipinski definition) is 2. The molecular weight excluding hydrogens is 266 g/mol. The topological polar surface area (TPSA) is 46.5 Å². The molecule has 0 aliphatic carbocycles. The molecule has 0 aromatic rings. The molecule has 0 fully saturated rings. The molecule has 2 unspecified atom stereocenters. The SMILES string of the molecule is CCC(C)OP(=O)(O)CI. The average Bonchev–Trinajstić information content (AvgIpc) is 1.87. The van der Waals surface area contributed by atoms with Gasteiger partial charge in [-0.25, -0.2) is 0 Å². The molecule has 0 spiro atoms. The van der Waals surface area contributed by atoms with E-state index in [-0.39, 0.29) is 10.3 Å². The normalized spacial score (nSPS) is 20.0. The number of rotatable bonds is 4. The van der Waals surface area contributed by atoms with Crippen molar-refractivity contribution in [2.75, 3.05) is 4.17 Å². The van der Waals surface area contributed by atoms with Crippen molar-refractivity contribution in [2.45, 2.75) is 26.4 Å². The van der Waals surface area contributed by atoms with Crippen molar-refractivity contribution < 1.29 is 14.0 Å². The first-order valence-corrected chi connectivity index (χ1v) is 6.37. The first-order valence-electron chi connectivity index (χ1n) is 3.08. The third-order valence-electron chi connectivity index (χ3n) is 1.07. The monoisotopic (exact) mass is 278 g/mol. The van der Waals surface area contributed by atoms with Gasteiger partial charge in [-0.05, 0) is 13.3 Å². The van der Waals surface area contributed by atoms with Gasteiger partial charge in [0.25, 0.3) is 0 Å². The smallest absolute Gasteiger partial charge is 0.324 e. The Hall–Kier alpha value is 0.880. The molecule has 0 aliphatic rings. The first kappa shape index (κ1) is 10.9. The lowest BCUT2D eigenvalue weighted by molar-refractivity contribution is 0.189. The van der Waals surface area contributed by atoms with Crippen LogP contribution in [0.5, 0.6) is 0 Å². The van der Waals surface area contributed by atoms with Crippen molar-refractivity contribution in [3.8, 4) is 0 Å². The maximum absolute atomic E-state index is 10.9. The van der Waals surface area contributed by atoms with Crippen molar-refractivity contribution in [1.82, 2.24) is 0 Å². The van der Waals surface area contributed by atoms with E-state index in [1.165, 1.54) is 0 Å². The highest BCUT2D eigenvalue weighted by atomic mass is 127. The largest absolute Gasteiger partial charge is 0.338 e. The van der Waals surface area contributed by atoms with Crippen LogP contribution in [0.2, 0.25) is 0 Å². The van der Waals surface area contributed by atoms with Gasteiger partial charge in [-0.3, -0.25) is 4.57 Å². The van der Waals surface area contributed by atoms with Gasteiger partial charge >= 0.3 is 7.60 Å². The van der Waals surface area contributed by atoms with Gasteiger partial charge in [-0.15, -0.1) is 0 Å². The lowest BCUT2D eigenvalue weighted by Gasteiger charge is -2.13. The third-order valence-corrected chi connectivity index (χ3v) is 4.65. The molecule has 5 heteroatoms. The van der Waals surface area contributed by atoms with Gasteiger partial charge < -0.3 is 9.42 Å². The zero-order valence-electron chi connectivity index (χ0n) is 6.08. The Labute approximate surface area is 74.8 Å². The molecule has 0 radical (unpaired) electrons. The van der Waals surface area contributed by atoms with Crippen LogP contribution in [-0.2, 0) is 9.09 Å². The predicted molar refractivity (Wildman–Crippen MR) is 49.6 cm³/mol. The molecule has 0 saturated carbocycles. The summed E-state index contributed by atoms with van der Waals surface area (Å²) in [7, 11) is -3.26. The van der Waals surface area contributed by atoms with E-state index in [2.05, 4.69) is 0 Å². The maximum atomic E-state index is 10.9. The Balaban J connectivity index is 3.77. The van der Waals surface area contributed by atoms with Crippen molar-refractivity contribution in [3.63, 3.8) is 0 Å². The minimum Gasteiger partial charge on any atom is -0.324 e. The molecule has 2 atom stereocenters. The van der Waals surface area contributed by atoms with Crippen LogP contribution in [0.1, 0.15) is 20.3 Å². The van der Waals surface area contributed by atoms with Gasteiger partial charge in [0.15, 0.2) is 0 Å². The average molecular weight is 278 g/mol. The van der Waals surface area contributed by atoms with Crippen LogP contribution in [-0.4, -0.2) is 15.2 Å². The molecule has 0 saturated heterocycles. The minimum absolute atomic E-state index is 0.120. The molecule has 0 bridgehead atoms. The molecule has 0 aromatic heterocycles. The van der Waals surface area contributed by atoms with Crippen LogP contribution in [0, 0.1) is 0 Å². The second kappa shape index (κ2) is 4.70. The second-order valence-corrected chi connectivity index (χ2v) is 5.85. The van der Waals surface area contributed by atoms with E-state index >= 15 is 0 Å². The quantitative estimate of drug-likeness (QED) is 0.488. The molecule has 0 heterocycles. The molecule has 0 amide bonds. The second-order valence-electron chi connectivity index (χ2n) is 2.08. The van der Waals surface area contributed by atoms with E-state index in [9.17, 15) is 4.57 Å². The van der Waals surface area contributed by atoms with Crippen LogP contribution < -0.4 is 0 Å². The van der Waals surface area contributed by atoms with Crippen LogP contribution in [0.3, 0.4) is 0 Å². The minimum atomic E-state index is -3.26. The molecule has 1 N–H and O–H groups in total.